The van der Waals surface area contributed by atoms with Crippen molar-refractivity contribution in [1.29, 1.82) is 0 Å². The van der Waals surface area contributed by atoms with Gasteiger partial charge in [-0.1, -0.05) is 12.5 Å². The molecule has 0 aromatic carbocycles. The van der Waals surface area contributed by atoms with E-state index in [-0.39, 0.29) is 5.75 Å². The maximum atomic E-state index is 11.0. The summed E-state index contributed by atoms with van der Waals surface area (Å²) in [5.41, 5.74) is 0. The van der Waals surface area contributed by atoms with Crippen LogP contribution in [0.1, 0.15) is 19.3 Å². The summed E-state index contributed by atoms with van der Waals surface area (Å²) < 4.78 is 26.7. The molecule has 0 aromatic heterocycles. The van der Waals surface area contributed by atoms with Crippen LogP contribution in [0.15, 0.2) is 12.7 Å². The molecule has 1 saturated carbocycles. The standard InChI is InChI=1S/C8H14O3S/c1-2-6-12(9,10)11-7-8-4-3-5-8/h2,8H,1,3-7H2. The van der Waals surface area contributed by atoms with Crippen molar-refractivity contribution in [1.82, 2.24) is 0 Å². The summed E-state index contributed by atoms with van der Waals surface area (Å²) in [6, 6.07) is 0. The summed E-state index contributed by atoms with van der Waals surface area (Å²) >= 11 is 0. The highest BCUT2D eigenvalue weighted by Crippen LogP contribution is 2.26. The molecule has 0 N–H and O–H groups in total. The second-order valence-electron chi connectivity index (χ2n) is 3.09. The van der Waals surface area contributed by atoms with Crippen LogP contribution in [-0.2, 0) is 14.3 Å². The van der Waals surface area contributed by atoms with Gasteiger partial charge < -0.3 is 0 Å². The third kappa shape index (κ3) is 2.95. The van der Waals surface area contributed by atoms with Gasteiger partial charge in [-0.05, 0) is 18.8 Å². The van der Waals surface area contributed by atoms with E-state index < -0.39 is 10.1 Å². The topological polar surface area (TPSA) is 43.4 Å². The van der Waals surface area contributed by atoms with E-state index in [0.29, 0.717) is 12.5 Å². The Morgan fingerprint density at radius 2 is 2.17 bits per heavy atom. The maximum Gasteiger partial charge on any atom is 0.270 e. The van der Waals surface area contributed by atoms with Gasteiger partial charge in [-0.3, -0.25) is 4.18 Å². The van der Waals surface area contributed by atoms with Crippen molar-refractivity contribution in [3.63, 3.8) is 0 Å². The Balaban J connectivity index is 2.24. The molecular formula is C8H14O3S. The Bertz CT molecular complexity index is 239. The molecular weight excluding hydrogens is 176 g/mol. The van der Waals surface area contributed by atoms with Crippen LogP contribution in [0.4, 0.5) is 0 Å². The predicted molar refractivity (Wildman–Crippen MR) is 47.3 cm³/mol. The number of hydrogen-bond acceptors (Lipinski definition) is 3. The molecule has 0 unspecified atom stereocenters. The molecule has 12 heavy (non-hydrogen) atoms. The number of rotatable bonds is 5. The van der Waals surface area contributed by atoms with Gasteiger partial charge in [0.1, 0.15) is 0 Å². The zero-order valence-corrected chi connectivity index (χ0v) is 7.85. The summed E-state index contributed by atoms with van der Waals surface area (Å²) in [4.78, 5) is 0. The van der Waals surface area contributed by atoms with Crippen LogP contribution in [-0.4, -0.2) is 20.8 Å². The molecule has 4 heteroatoms. The molecule has 1 rings (SSSR count). The van der Waals surface area contributed by atoms with Crippen molar-refractivity contribution in [3.05, 3.63) is 12.7 Å². The molecule has 0 saturated heterocycles. The lowest BCUT2D eigenvalue weighted by atomic mass is 9.86. The van der Waals surface area contributed by atoms with Gasteiger partial charge in [0, 0.05) is 0 Å². The molecule has 0 aliphatic heterocycles. The Hall–Kier alpha value is -0.350. The first-order valence-electron chi connectivity index (χ1n) is 4.12. The van der Waals surface area contributed by atoms with E-state index in [9.17, 15) is 8.42 Å². The molecule has 0 amide bonds. The monoisotopic (exact) mass is 190 g/mol. The molecule has 0 atom stereocenters. The lowest BCUT2D eigenvalue weighted by Crippen LogP contribution is -2.21. The molecule has 0 heterocycles. The third-order valence-corrected chi connectivity index (χ3v) is 3.17. The molecule has 0 aromatic rings. The fraction of sp³-hybridized carbons (Fsp3) is 0.750. The van der Waals surface area contributed by atoms with Crippen LogP contribution >= 0.6 is 0 Å². The number of hydrogen-bond donors (Lipinski definition) is 0. The van der Waals surface area contributed by atoms with Crippen molar-refractivity contribution in [2.24, 2.45) is 5.92 Å². The van der Waals surface area contributed by atoms with E-state index in [2.05, 4.69) is 6.58 Å². The Morgan fingerprint density at radius 3 is 2.58 bits per heavy atom. The van der Waals surface area contributed by atoms with Gasteiger partial charge in [0.15, 0.2) is 0 Å². The van der Waals surface area contributed by atoms with E-state index >= 15 is 0 Å². The molecule has 1 aliphatic rings. The van der Waals surface area contributed by atoms with Crippen molar-refractivity contribution >= 4 is 10.1 Å². The van der Waals surface area contributed by atoms with Gasteiger partial charge in [-0.2, -0.15) is 8.42 Å². The van der Waals surface area contributed by atoms with Crippen LogP contribution in [0, 0.1) is 5.92 Å². The maximum absolute atomic E-state index is 11.0. The van der Waals surface area contributed by atoms with Gasteiger partial charge in [0.2, 0.25) is 0 Å². The van der Waals surface area contributed by atoms with E-state index in [1.165, 1.54) is 12.5 Å². The Labute approximate surface area is 73.5 Å². The Kier molecular flexibility index (Phi) is 3.29. The molecule has 0 spiro atoms. The normalized spacial score (nSPS) is 18.7. The quantitative estimate of drug-likeness (QED) is 0.485. The minimum absolute atomic E-state index is 0.0836. The van der Waals surface area contributed by atoms with Gasteiger partial charge in [-0.15, -0.1) is 6.58 Å². The van der Waals surface area contributed by atoms with Crippen molar-refractivity contribution in [3.8, 4) is 0 Å². The third-order valence-electron chi connectivity index (χ3n) is 2.03. The van der Waals surface area contributed by atoms with E-state index in [1.807, 2.05) is 0 Å². The van der Waals surface area contributed by atoms with Crippen molar-refractivity contribution < 1.29 is 12.6 Å². The summed E-state index contributed by atoms with van der Waals surface area (Å²) in [6.45, 7) is 3.71. The molecule has 1 fully saturated rings. The average molecular weight is 190 g/mol. The minimum Gasteiger partial charge on any atom is -0.270 e. The summed E-state index contributed by atoms with van der Waals surface area (Å²) in [6.07, 6.45) is 4.75. The largest absolute Gasteiger partial charge is 0.270 e. The van der Waals surface area contributed by atoms with Crippen LogP contribution in [0.25, 0.3) is 0 Å². The molecule has 1 aliphatic carbocycles. The van der Waals surface area contributed by atoms with Gasteiger partial charge in [-0.25, -0.2) is 0 Å². The zero-order valence-electron chi connectivity index (χ0n) is 7.03. The molecule has 0 bridgehead atoms. The van der Waals surface area contributed by atoms with E-state index in [1.54, 1.807) is 0 Å². The van der Waals surface area contributed by atoms with E-state index in [0.717, 1.165) is 12.8 Å². The van der Waals surface area contributed by atoms with E-state index in [4.69, 9.17) is 4.18 Å². The fourth-order valence-electron chi connectivity index (χ4n) is 1.05. The summed E-state index contributed by atoms with van der Waals surface area (Å²) in [7, 11) is -3.32. The zero-order chi connectivity index (χ0) is 9.03. The SMILES string of the molecule is C=CCS(=O)(=O)OCC1CCC1. The first-order valence-corrected chi connectivity index (χ1v) is 5.70. The van der Waals surface area contributed by atoms with Crippen LogP contribution in [0.2, 0.25) is 0 Å². The summed E-state index contributed by atoms with van der Waals surface area (Å²) in [5, 5.41) is 0. The fourth-order valence-corrected chi connectivity index (χ4v) is 1.84. The molecule has 0 radical (unpaired) electrons. The molecule has 3 nitrogen and oxygen atoms in total. The first-order chi connectivity index (χ1) is 5.64. The van der Waals surface area contributed by atoms with Crippen LogP contribution < -0.4 is 0 Å². The van der Waals surface area contributed by atoms with Crippen LogP contribution in [0.3, 0.4) is 0 Å². The second-order valence-corrected chi connectivity index (χ2v) is 4.78. The van der Waals surface area contributed by atoms with Crippen molar-refractivity contribution in [2.75, 3.05) is 12.4 Å². The smallest absolute Gasteiger partial charge is 0.270 e. The highest BCUT2D eigenvalue weighted by atomic mass is 32.2. The van der Waals surface area contributed by atoms with Gasteiger partial charge in [0.25, 0.3) is 10.1 Å². The summed E-state index contributed by atoms with van der Waals surface area (Å²) in [5.74, 6) is 0.379. The highest BCUT2D eigenvalue weighted by molar-refractivity contribution is 7.86. The van der Waals surface area contributed by atoms with Crippen LogP contribution in [0.5, 0.6) is 0 Å². The predicted octanol–water partition coefficient (Wildman–Crippen LogP) is 1.32. The lowest BCUT2D eigenvalue weighted by molar-refractivity contribution is 0.186. The lowest BCUT2D eigenvalue weighted by Gasteiger charge is -2.24. The second kappa shape index (κ2) is 4.05. The van der Waals surface area contributed by atoms with Crippen molar-refractivity contribution in [2.45, 2.75) is 19.3 Å². The first kappa shape index (κ1) is 9.74. The Morgan fingerprint density at radius 1 is 1.50 bits per heavy atom. The average Bonchev–Trinajstić information content (AvgIpc) is 1.82. The van der Waals surface area contributed by atoms with Gasteiger partial charge in [0.05, 0.1) is 12.4 Å². The highest BCUT2D eigenvalue weighted by Gasteiger charge is 2.20. The van der Waals surface area contributed by atoms with Gasteiger partial charge >= 0.3 is 0 Å². The molecule has 70 valence electrons. The minimum atomic E-state index is -3.32.